The number of methoxy groups -OCH3 is 1. The first-order valence-electron chi connectivity index (χ1n) is 17.0. The second-order valence-corrected chi connectivity index (χ2v) is 16.2. The van der Waals surface area contributed by atoms with Gasteiger partial charge in [-0.15, -0.1) is 0 Å². The lowest BCUT2D eigenvalue weighted by Gasteiger charge is -2.45. The zero-order valence-corrected chi connectivity index (χ0v) is 29.0. The molecule has 2 heterocycles. The fourth-order valence-corrected chi connectivity index (χ4v) is 9.61. The minimum Gasteiger partial charge on any atom is -0.490 e. The smallest absolute Gasteiger partial charge is 0.335 e. The number of aliphatic hydroxyl groups is 1. The third kappa shape index (κ3) is 7.56. The second-order valence-electron chi connectivity index (χ2n) is 14.0. The fraction of sp³-hybridized carbons (Fsp3) is 0.583. The Morgan fingerprint density at radius 1 is 1.21 bits per heavy atom. The molecule has 0 radical (unpaired) electrons. The number of ether oxygens (including phenoxy) is 3. The number of aromatic carboxylic acids is 1. The van der Waals surface area contributed by atoms with E-state index in [1.807, 2.05) is 6.07 Å². The van der Waals surface area contributed by atoms with Crippen molar-refractivity contribution >= 4 is 33.3 Å². The monoisotopic (exact) mass is 702 g/mol. The van der Waals surface area contributed by atoms with Crippen LogP contribution in [-0.4, -0.2) is 81.6 Å². The van der Waals surface area contributed by atoms with E-state index >= 15 is 0 Å². The van der Waals surface area contributed by atoms with Crippen molar-refractivity contribution in [2.24, 2.45) is 17.0 Å². The van der Waals surface area contributed by atoms with Crippen LogP contribution in [0.25, 0.3) is 0 Å². The topological polar surface area (TPSA) is 149 Å². The fourth-order valence-electron chi connectivity index (χ4n) is 8.28. The molecule has 0 unspecified atom stereocenters. The summed E-state index contributed by atoms with van der Waals surface area (Å²) in [5, 5.41) is 26.6. The number of carbonyl (C=O) groups is 1. The summed E-state index contributed by atoms with van der Waals surface area (Å²) in [5.41, 5.74) is 3.12. The Kier molecular flexibility index (Phi) is 10.7. The zero-order valence-electron chi connectivity index (χ0n) is 27.4. The largest absolute Gasteiger partial charge is 0.490 e. The van der Waals surface area contributed by atoms with Crippen LogP contribution in [0, 0.1) is 11.8 Å². The number of aliphatic hydroxyl groups excluding tert-OH is 1. The first kappa shape index (κ1) is 35.2. The molecule has 2 aliphatic carbocycles. The Labute approximate surface area is 288 Å². The quantitative estimate of drug-likeness (QED) is 0.257. The molecule has 48 heavy (non-hydrogen) atoms. The van der Waals surface area contributed by atoms with E-state index in [9.17, 15) is 23.4 Å². The van der Waals surface area contributed by atoms with Gasteiger partial charge in [-0.1, -0.05) is 29.8 Å². The molecule has 6 rings (SSSR count). The third-order valence-electron chi connectivity index (χ3n) is 11.0. The van der Waals surface area contributed by atoms with Crippen molar-refractivity contribution in [3.63, 3.8) is 0 Å². The van der Waals surface area contributed by atoms with E-state index in [0.29, 0.717) is 43.5 Å². The molecule has 2 aromatic rings. The summed E-state index contributed by atoms with van der Waals surface area (Å²) in [4.78, 5) is 14.3. The van der Waals surface area contributed by atoms with Gasteiger partial charge < -0.3 is 29.3 Å². The molecular formula is C36H47ClN2O8S. The number of carboxylic acids is 1. The van der Waals surface area contributed by atoms with Gasteiger partial charge >= 0.3 is 5.97 Å². The molecule has 12 heteroatoms. The highest BCUT2D eigenvalue weighted by atomic mass is 35.5. The highest BCUT2D eigenvalue weighted by molar-refractivity contribution is 7.89. The summed E-state index contributed by atoms with van der Waals surface area (Å²) in [7, 11) is -2.40. The van der Waals surface area contributed by atoms with Crippen LogP contribution in [-0.2, 0) is 31.3 Å². The molecule has 2 fully saturated rings. The zero-order chi connectivity index (χ0) is 34.1. The summed E-state index contributed by atoms with van der Waals surface area (Å²) in [6, 6.07) is 11.1. The van der Waals surface area contributed by atoms with Gasteiger partial charge in [-0.25, -0.2) is 18.4 Å². The molecule has 10 nitrogen and oxygen atoms in total. The molecule has 0 amide bonds. The maximum Gasteiger partial charge on any atom is 0.335 e. The summed E-state index contributed by atoms with van der Waals surface area (Å²) in [6.45, 7) is 2.38. The number of halogens is 1. The molecule has 0 aromatic heterocycles. The Morgan fingerprint density at radius 3 is 2.73 bits per heavy atom. The number of sulfonamides is 1. The second kappa shape index (κ2) is 14.7. The number of carboxylic acid groups (broad SMARTS) is 1. The summed E-state index contributed by atoms with van der Waals surface area (Å²) >= 11 is 6.39. The number of nitrogens with two attached hydrogens (primary N) is 1. The van der Waals surface area contributed by atoms with Crippen molar-refractivity contribution in [1.82, 2.24) is 0 Å². The molecule has 0 bridgehead atoms. The summed E-state index contributed by atoms with van der Waals surface area (Å²) < 4.78 is 42.7. The number of fused-ring (bicyclic) bond motifs is 3. The number of rotatable bonds is 12. The Balaban J connectivity index is 1.19. The van der Waals surface area contributed by atoms with Crippen LogP contribution in [0.2, 0.25) is 5.02 Å². The Bertz CT molecular complexity index is 1610. The lowest BCUT2D eigenvalue weighted by atomic mass is 9.68. The van der Waals surface area contributed by atoms with E-state index in [-0.39, 0.29) is 35.3 Å². The number of anilines is 1. The van der Waals surface area contributed by atoms with Gasteiger partial charge in [-0.2, -0.15) is 0 Å². The number of aryl methyl sites for hydroxylation is 1. The Morgan fingerprint density at radius 2 is 2.04 bits per heavy atom. The first-order valence-corrected chi connectivity index (χ1v) is 19.0. The maximum atomic E-state index is 12.5. The molecule has 4 N–H and O–H groups in total. The molecule has 2 aromatic carbocycles. The van der Waals surface area contributed by atoms with Crippen LogP contribution in [0.5, 0.6) is 5.75 Å². The Hall–Kier alpha value is -2.67. The van der Waals surface area contributed by atoms with Crippen LogP contribution in [0.1, 0.15) is 72.9 Å². The van der Waals surface area contributed by atoms with E-state index in [2.05, 4.69) is 17.0 Å². The number of hydrogen-bond donors (Lipinski definition) is 3. The van der Waals surface area contributed by atoms with Crippen LogP contribution in [0.15, 0.2) is 48.6 Å². The highest BCUT2D eigenvalue weighted by Gasteiger charge is 2.44. The molecule has 262 valence electrons. The lowest BCUT2D eigenvalue weighted by molar-refractivity contribution is 0.0447. The maximum absolute atomic E-state index is 12.5. The molecule has 1 spiro atoms. The third-order valence-corrected chi connectivity index (χ3v) is 12.6. The summed E-state index contributed by atoms with van der Waals surface area (Å²) in [5.74, 6) is -0.185. The van der Waals surface area contributed by atoms with Gasteiger partial charge in [0.25, 0.3) is 0 Å². The van der Waals surface area contributed by atoms with Gasteiger partial charge in [0.05, 0.1) is 36.2 Å². The minimum absolute atomic E-state index is 0.00755. The van der Waals surface area contributed by atoms with E-state index in [1.54, 1.807) is 30.4 Å². The highest BCUT2D eigenvalue weighted by Crippen LogP contribution is 2.46. The van der Waals surface area contributed by atoms with Crippen molar-refractivity contribution in [3.05, 3.63) is 70.3 Å². The minimum atomic E-state index is -3.88. The predicted molar refractivity (Wildman–Crippen MR) is 184 cm³/mol. The molecule has 7 atom stereocenters. The van der Waals surface area contributed by atoms with E-state index in [1.165, 1.54) is 18.2 Å². The van der Waals surface area contributed by atoms with Crippen molar-refractivity contribution in [2.45, 2.75) is 86.8 Å². The lowest BCUT2D eigenvalue weighted by Crippen LogP contribution is -2.49. The van der Waals surface area contributed by atoms with Crippen LogP contribution >= 0.6 is 11.6 Å². The molecule has 2 aliphatic heterocycles. The van der Waals surface area contributed by atoms with Crippen molar-refractivity contribution in [1.29, 1.82) is 0 Å². The average molecular weight is 703 g/mol. The van der Waals surface area contributed by atoms with Crippen LogP contribution < -0.4 is 14.8 Å². The molecular weight excluding hydrogens is 656 g/mol. The SMILES string of the molecule is CO[C@H](C/C=C/[C@H](O)[C@@H]1CC[C@H]1CN1C[C@@]2(CCCc3cc(Cl)ccc32)COc2ccc(C(=O)O)cc21)[C@@H](C[C@H]1CCCO1)S(N)(=O)=O. The predicted octanol–water partition coefficient (Wildman–Crippen LogP) is 5.09. The average Bonchev–Trinajstić information content (AvgIpc) is 3.50. The van der Waals surface area contributed by atoms with Crippen LogP contribution in [0.3, 0.4) is 0 Å². The number of hydrogen-bond acceptors (Lipinski definition) is 8. The normalized spacial score (nSPS) is 27.4. The number of benzene rings is 2. The number of primary sulfonamides is 1. The van der Waals surface area contributed by atoms with E-state index < -0.39 is 33.5 Å². The van der Waals surface area contributed by atoms with Gasteiger partial charge in [0, 0.05) is 37.2 Å². The first-order chi connectivity index (χ1) is 23.0. The molecule has 1 saturated carbocycles. The van der Waals surface area contributed by atoms with E-state index in [0.717, 1.165) is 50.6 Å². The van der Waals surface area contributed by atoms with Gasteiger partial charge in [0.15, 0.2) is 0 Å². The summed E-state index contributed by atoms with van der Waals surface area (Å²) in [6.07, 6.45) is 8.93. The molecule has 4 aliphatic rings. The van der Waals surface area contributed by atoms with Gasteiger partial charge in [0.1, 0.15) is 11.0 Å². The van der Waals surface area contributed by atoms with Crippen molar-refractivity contribution < 1.29 is 37.6 Å². The van der Waals surface area contributed by atoms with Gasteiger partial charge in [-0.05, 0) is 111 Å². The van der Waals surface area contributed by atoms with Crippen molar-refractivity contribution in [2.75, 3.05) is 38.3 Å². The van der Waals surface area contributed by atoms with Crippen LogP contribution in [0.4, 0.5) is 5.69 Å². The van der Waals surface area contributed by atoms with Gasteiger partial charge in [-0.3, -0.25) is 0 Å². The number of nitrogens with zero attached hydrogens (tertiary/aromatic N) is 1. The van der Waals surface area contributed by atoms with Crippen molar-refractivity contribution in [3.8, 4) is 5.75 Å². The molecule has 1 saturated heterocycles. The van der Waals surface area contributed by atoms with E-state index in [4.69, 9.17) is 31.0 Å². The standard InChI is InChI=1S/C36H47ClN2O8S/c1-45-33(34(48(38,43)44)19-27-6-4-16-46-27)8-2-7-31(40)28-12-9-25(28)20-39-21-36(15-3-5-23-17-26(37)11-13-29(23)36)22-47-32-14-10-24(35(41)42)18-30(32)39/h2,7,10-11,13-14,17-18,25,27-28,31,33-34,40H,3-6,8-9,12,15-16,19-22H2,1H3,(H,41,42)(H2,38,43,44)/b7-2+/t25-,27+,28+,31-,33+,34+,36-/m0/s1. The van der Waals surface area contributed by atoms with Gasteiger partial charge in [0.2, 0.25) is 10.0 Å².